The summed E-state index contributed by atoms with van der Waals surface area (Å²) in [6.45, 7) is 5.37. The van der Waals surface area contributed by atoms with Crippen LogP contribution in [0.1, 0.15) is 32.2 Å². The summed E-state index contributed by atoms with van der Waals surface area (Å²) in [5.41, 5.74) is -1.07. The van der Waals surface area contributed by atoms with E-state index in [2.05, 4.69) is 4.98 Å². The molecule has 0 saturated heterocycles. The van der Waals surface area contributed by atoms with Crippen LogP contribution in [0, 0.1) is 0 Å². The van der Waals surface area contributed by atoms with Crippen LogP contribution in [0.3, 0.4) is 0 Å². The van der Waals surface area contributed by atoms with Crippen LogP contribution >= 0.6 is 0 Å². The first kappa shape index (κ1) is 12.8. The zero-order valence-corrected chi connectivity index (χ0v) is 9.64. The Bertz CT molecular complexity index is 380. The van der Waals surface area contributed by atoms with E-state index in [1.165, 1.54) is 13.2 Å². The third kappa shape index (κ3) is 2.65. The Morgan fingerprint density at radius 3 is 2.06 bits per heavy atom. The van der Waals surface area contributed by atoms with Crippen LogP contribution in [0.25, 0.3) is 0 Å². The fraction of sp³-hybridized carbons (Fsp3) is 0.545. The molecule has 0 unspecified atom stereocenters. The second kappa shape index (κ2) is 3.96. The first-order chi connectivity index (χ1) is 7.16. The quantitative estimate of drug-likeness (QED) is 0.741. The van der Waals surface area contributed by atoms with Gasteiger partial charge in [-0.15, -0.1) is 0 Å². The molecule has 0 aromatic carbocycles. The fourth-order valence-electron chi connectivity index (χ4n) is 1.31. The summed E-state index contributed by atoms with van der Waals surface area (Å²) in [5, 5.41) is 0. The summed E-state index contributed by atoms with van der Waals surface area (Å²) < 4.78 is 42.5. The predicted octanol–water partition coefficient (Wildman–Crippen LogP) is 3.41. The maximum atomic E-state index is 12.5. The minimum absolute atomic E-state index is 0.310. The summed E-state index contributed by atoms with van der Waals surface area (Å²) in [6.07, 6.45) is -4.42. The van der Waals surface area contributed by atoms with Crippen molar-refractivity contribution in [1.82, 2.24) is 4.98 Å². The van der Waals surface area contributed by atoms with Crippen LogP contribution in [-0.4, -0.2) is 12.1 Å². The molecule has 0 spiro atoms. The number of pyridine rings is 1. The topological polar surface area (TPSA) is 22.1 Å². The number of nitrogens with zero attached hydrogens (tertiary/aromatic N) is 1. The largest absolute Gasteiger partial charge is 0.495 e. The minimum atomic E-state index is -4.42. The minimum Gasteiger partial charge on any atom is -0.495 e. The second-order valence-corrected chi connectivity index (χ2v) is 4.50. The number of ether oxygens (including phenoxy) is 1. The third-order valence-electron chi connectivity index (χ3n) is 2.08. The molecule has 0 fully saturated rings. The summed E-state index contributed by atoms with van der Waals surface area (Å²) in [7, 11) is 1.42. The van der Waals surface area contributed by atoms with E-state index in [9.17, 15) is 13.2 Å². The van der Waals surface area contributed by atoms with Crippen LogP contribution in [0.2, 0.25) is 0 Å². The molecule has 1 aromatic heterocycles. The van der Waals surface area contributed by atoms with Gasteiger partial charge in [-0.25, -0.2) is 4.98 Å². The normalized spacial score (nSPS) is 12.7. The van der Waals surface area contributed by atoms with E-state index in [0.29, 0.717) is 11.4 Å². The van der Waals surface area contributed by atoms with E-state index in [1.807, 2.05) is 0 Å². The zero-order chi connectivity index (χ0) is 12.6. The molecule has 5 heteroatoms. The number of hydrogen-bond donors (Lipinski definition) is 0. The Kier molecular flexibility index (Phi) is 3.17. The van der Waals surface area contributed by atoms with Crippen LogP contribution in [0.4, 0.5) is 13.2 Å². The van der Waals surface area contributed by atoms with Crippen molar-refractivity contribution in [3.63, 3.8) is 0 Å². The smallest absolute Gasteiger partial charge is 0.433 e. The molecule has 0 amide bonds. The first-order valence-corrected chi connectivity index (χ1v) is 4.79. The van der Waals surface area contributed by atoms with Gasteiger partial charge in [0.1, 0.15) is 11.4 Å². The number of hydrogen-bond acceptors (Lipinski definition) is 2. The molecule has 0 aliphatic heterocycles. The molecule has 1 aromatic rings. The van der Waals surface area contributed by atoms with Gasteiger partial charge in [0.25, 0.3) is 0 Å². The molecule has 0 atom stereocenters. The van der Waals surface area contributed by atoms with Crippen molar-refractivity contribution in [2.45, 2.75) is 32.4 Å². The highest BCUT2D eigenvalue weighted by molar-refractivity contribution is 5.34. The van der Waals surface area contributed by atoms with Crippen molar-refractivity contribution >= 4 is 0 Å². The van der Waals surface area contributed by atoms with Crippen LogP contribution in [-0.2, 0) is 11.6 Å². The molecule has 0 aliphatic rings. The van der Waals surface area contributed by atoms with Gasteiger partial charge in [0.05, 0.1) is 12.8 Å². The highest BCUT2D eigenvalue weighted by atomic mass is 19.4. The van der Waals surface area contributed by atoms with Gasteiger partial charge in [-0.05, 0) is 12.1 Å². The lowest BCUT2D eigenvalue weighted by atomic mass is 9.90. The Hall–Kier alpha value is -1.26. The van der Waals surface area contributed by atoms with E-state index in [0.717, 1.165) is 6.07 Å². The van der Waals surface area contributed by atoms with E-state index in [-0.39, 0.29) is 0 Å². The summed E-state index contributed by atoms with van der Waals surface area (Å²) in [5.74, 6) is 0.375. The summed E-state index contributed by atoms with van der Waals surface area (Å²) in [4.78, 5) is 3.64. The molecule has 0 N–H and O–H groups in total. The average molecular weight is 233 g/mol. The molecular weight excluding hydrogens is 219 g/mol. The molecule has 0 aliphatic carbocycles. The molecule has 2 nitrogen and oxygen atoms in total. The van der Waals surface area contributed by atoms with Crippen molar-refractivity contribution < 1.29 is 17.9 Å². The first-order valence-electron chi connectivity index (χ1n) is 4.79. The van der Waals surface area contributed by atoms with Gasteiger partial charge in [-0.2, -0.15) is 13.2 Å². The monoisotopic (exact) mass is 233 g/mol. The number of alkyl halides is 3. The standard InChI is InChI=1S/C11H14F3NO/c1-10(2,3)9-7(16-4)5-6-8(15-9)11(12,13)14/h5-6H,1-4H3. The van der Waals surface area contributed by atoms with Crippen molar-refractivity contribution in [3.8, 4) is 5.75 Å². The summed E-state index contributed by atoms with van der Waals surface area (Å²) in [6, 6.07) is 2.23. The van der Waals surface area contributed by atoms with Gasteiger partial charge >= 0.3 is 6.18 Å². The SMILES string of the molecule is COc1ccc(C(F)(F)F)nc1C(C)(C)C. The van der Waals surface area contributed by atoms with E-state index < -0.39 is 17.3 Å². The van der Waals surface area contributed by atoms with Crippen molar-refractivity contribution in [2.24, 2.45) is 0 Å². The molecule has 90 valence electrons. The molecule has 0 radical (unpaired) electrons. The lowest BCUT2D eigenvalue weighted by Crippen LogP contribution is -2.18. The zero-order valence-electron chi connectivity index (χ0n) is 9.64. The van der Waals surface area contributed by atoms with Gasteiger partial charge in [0.2, 0.25) is 0 Å². The van der Waals surface area contributed by atoms with Crippen LogP contribution < -0.4 is 4.74 Å². The van der Waals surface area contributed by atoms with Crippen LogP contribution in [0.15, 0.2) is 12.1 Å². The lowest BCUT2D eigenvalue weighted by molar-refractivity contribution is -0.141. The van der Waals surface area contributed by atoms with Crippen molar-refractivity contribution in [1.29, 1.82) is 0 Å². The van der Waals surface area contributed by atoms with E-state index in [1.54, 1.807) is 20.8 Å². The maximum absolute atomic E-state index is 12.5. The fourth-order valence-corrected chi connectivity index (χ4v) is 1.31. The highest BCUT2D eigenvalue weighted by Crippen LogP contribution is 2.34. The van der Waals surface area contributed by atoms with Crippen LogP contribution in [0.5, 0.6) is 5.75 Å². The second-order valence-electron chi connectivity index (χ2n) is 4.50. The Morgan fingerprint density at radius 1 is 1.12 bits per heavy atom. The molecule has 1 heterocycles. The predicted molar refractivity (Wildman–Crippen MR) is 54.5 cm³/mol. The molecule has 16 heavy (non-hydrogen) atoms. The number of rotatable bonds is 1. The Labute approximate surface area is 92.5 Å². The number of aromatic nitrogens is 1. The number of halogens is 3. The molecule has 0 saturated carbocycles. The summed E-state index contributed by atoms with van der Waals surface area (Å²) >= 11 is 0. The van der Waals surface area contributed by atoms with E-state index >= 15 is 0 Å². The molecule has 1 rings (SSSR count). The lowest BCUT2D eigenvalue weighted by Gasteiger charge is -2.21. The van der Waals surface area contributed by atoms with Gasteiger partial charge < -0.3 is 4.74 Å². The molecule has 0 bridgehead atoms. The van der Waals surface area contributed by atoms with Gasteiger partial charge in [-0.3, -0.25) is 0 Å². The van der Waals surface area contributed by atoms with Crippen molar-refractivity contribution in [3.05, 3.63) is 23.5 Å². The Balaban J connectivity index is 3.34. The average Bonchev–Trinajstić information content (AvgIpc) is 2.14. The molecular formula is C11H14F3NO. The Morgan fingerprint density at radius 2 is 1.69 bits per heavy atom. The van der Waals surface area contributed by atoms with Gasteiger partial charge in [-0.1, -0.05) is 20.8 Å². The maximum Gasteiger partial charge on any atom is 0.433 e. The van der Waals surface area contributed by atoms with Gasteiger partial charge in [0.15, 0.2) is 0 Å². The highest BCUT2D eigenvalue weighted by Gasteiger charge is 2.34. The number of methoxy groups -OCH3 is 1. The van der Waals surface area contributed by atoms with E-state index in [4.69, 9.17) is 4.74 Å². The van der Waals surface area contributed by atoms with Gasteiger partial charge in [0, 0.05) is 5.41 Å². The third-order valence-corrected chi connectivity index (χ3v) is 2.08. The van der Waals surface area contributed by atoms with Crippen molar-refractivity contribution in [2.75, 3.05) is 7.11 Å².